The third-order valence-corrected chi connectivity index (χ3v) is 7.31. The van der Waals surface area contributed by atoms with Crippen molar-refractivity contribution in [2.24, 2.45) is 5.92 Å². The van der Waals surface area contributed by atoms with E-state index in [9.17, 15) is 18.0 Å². The summed E-state index contributed by atoms with van der Waals surface area (Å²) in [4.78, 5) is 24.4. The predicted molar refractivity (Wildman–Crippen MR) is 108 cm³/mol. The molecular weight excluding hydrogens is 378 g/mol. The molecule has 7 nitrogen and oxygen atoms in total. The first-order chi connectivity index (χ1) is 13.4. The Morgan fingerprint density at radius 3 is 2.39 bits per heavy atom. The van der Waals surface area contributed by atoms with Crippen molar-refractivity contribution in [2.45, 2.75) is 63.7 Å². The maximum Gasteiger partial charge on any atom is 0.269 e. The minimum atomic E-state index is -3.64. The van der Waals surface area contributed by atoms with E-state index in [-0.39, 0.29) is 16.4 Å². The molecule has 156 valence electrons. The molecule has 28 heavy (non-hydrogen) atoms. The van der Waals surface area contributed by atoms with Crippen LogP contribution in [0.5, 0.6) is 0 Å². The lowest BCUT2D eigenvalue weighted by Crippen LogP contribution is -2.41. The molecule has 0 radical (unpaired) electrons. The van der Waals surface area contributed by atoms with Crippen LogP contribution >= 0.6 is 0 Å². The minimum absolute atomic E-state index is 0.0625. The normalized spacial score (nSPS) is 15.4. The van der Waals surface area contributed by atoms with Crippen LogP contribution in [0.1, 0.15) is 69.2 Å². The smallest absolute Gasteiger partial charge is 0.269 e. The fourth-order valence-corrected chi connectivity index (χ4v) is 5.09. The van der Waals surface area contributed by atoms with Gasteiger partial charge in [0.2, 0.25) is 15.9 Å². The van der Waals surface area contributed by atoms with Gasteiger partial charge in [-0.1, -0.05) is 52.0 Å². The number of sulfonamides is 1. The zero-order valence-electron chi connectivity index (χ0n) is 16.7. The molecule has 0 spiro atoms. The number of carbonyl (C=O) groups excluding carboxylic acids is 2. The number of amides is 2. The van der Waals surface area contributed by atoms with Crippen molar-refractivity contribution in [2.75, 3.05) is 13.1 Å². The first-order valence-electron chi connectivity index (χ1n) is 10.1. The van der Waals surface area contributed by atoms with E-state index in [0.717, 1.165) is 6.42 Å². The molecule has 2 amide bonds. The molecule has 0 saturated heterocycles. The summed E-state index contributed by atoms with van der Waals surface area (Å²) in [5.74, 6) is -0.175. The molecule has 0 bridgehead atoms. The number of nitrogens with one attached hydrogen (secondary N) is 2. The summed E-state index contributed by atoms with van der Waals surface area (Å²) < 4.78 is 26.5. The molecule has 1 saturated carbocycles. The van der Waals surface area contributed by atoms with Gasteiger partial charge < -0.3 is 0 Å². The lowest BCUT2D eigenvalue weighted by Gasteiger charge is -2.21. The maximum absolute atomic E-state index is 12.6. The Bertz CT molecular complexity index is 769. The number of nitrogens with zero attached hydrogens (tertiary/aromatic N) is 1. The van der Waals surface area contributed by atoms with Gasteiger partial charge in [-0.25, -0.2) is 8.42 Å². The van der Waals surface area contributed by atoms with Crippen LogP contribution < -0.4 is 10.9 Å². The zero-order chi connectivity index (χ0) is 20.6. The van der Waals surface area contributed by atoms with Gasteiger partial charge in [-0.3, -0.25) is 20.4 Å². The van der Waals surface area contributed by atoms with Crippen molar-refractivity contribution < 1.29 is 18.0 Å². The van der Waals surface area contributed by atoms with E-state index in [1.807, 2.05) is 0 Å². The monoisotopic (exact) mass is 409 g/mol. The standard InChI is InChI=1S/C20H31N3O4S/c1-3-23(4-2)28(26,27)18-12-8-11-17(15-18)20(25)22-21-19(24)14-13-16-9-6-5-7-10-16/h8,11-12,15-16H,3-7,9-10,13-14H2,1-2H3,(H,21,24)(H,22,25). The van der Waals surface area contributed by atoms with E-state index < -0.39 is 15.9 Å². The summed E-state index contributed by atoms with van der Waals surface area (Å²) in [5, 5.41) is 0. The number of hydrazine groups is 1. The van der Waals surface area contributed by atoms with E-state index in [4.69, 9.17) is 0 Å². The van der Waals surface area contributed by atoms with Crippen molar-refractivity contribution in [1.29, 1.82) is 0 Å². The van der Waals surface area contributed by atoms with Crippen LogP contribution in [0.25, 0.3) is 0 Å². The number of benzene rings is 1. The Morgan fingerprint density at radius 2 is 1.75 bits per heavy atom. The van der Waals surface area contributed by atoms with E-state index in [1.54, 1.807) is 13.8 Å². The van der Waals surface area contributed by atoms with Crippen LogP contribution in [-0.2, 0) is 14.8 Å². The van der Waals surface area contributed by atoms with Crippen LogP contribution in [0.3, 0.4) is 0 Å². The molecule has 1 aliphatic rings. The average Bonchev–Trinajstić information content (AvgIpc) is 2.72. The third-order valence-electron chi connectivity index (χ3n) is 5.26. The highest BCUT2D eigenvalue weighted by atomic mass is 32.2. The summed E-state index contributed by atoms with van der Waals surface area (Å²) in [7, 11) is -3.64. The van der Waals surface area contributed by atoms with Gasteiger partial charge in [0, 0.05) is 25.1 Å². The summed E-state index contributed by atoms with van der Waals surface area (Å²) in [6.45, 7) is 4.24. The van der Waals surface area contributed by atoms with Gasteiger partial charge in [0.1, 0.15) is 0 Å². The summed E-state index contributed by atoms with van der Waals surface area (Å²) in [5.41, 5.74) is 4.98. The molecule has 1 fully saturated rings. The topological polar surface area (TPSA) is 95.6 Å². The SMILES string of the molecule is CCN(CC)S(=O)(=O)c1cccc(C(=O)NNC(=O)CCC2CCCCC2)c1. The number of rotatable bonds is 8. The molecule has 0 atom stereocenters. The number of hydrogen-bond donors (Lipinski definition) is 2. The van der Waals surface area contributed by atoms with Gasteiger partial charge in [-0.15, -0.1) is 0 Å². The van der Waals surface area contributed by atoms with Gasteiger partial charge in [0.25, 0.3) is 5.91 Å². The van der Waals surface area contributed by atoms with Crippen LogP contribution in [0.4, 0.5) is 0 Å². The fraction of sp³-hybridized carbons (Fsp3) is 0.600. The Hall–Kier alpha value is -1.93. The molecule has 2 rings (SSSR count). The molecule has 0 heterocycles. The first kappa shape index (κ1) is 22.4. The third kappa shape index (κ3) is 6.04. The minimum Gasteiger partial charge on any atom is -0.273 e. The Balaban J connectivity index is 1.91. The van der Waals surface area contributed by atoms with Crippen molar-refractivity contribution in [3.8, 4) is 0 Å². The second-order valence-electron chi connectivity index (χ2n) is 7.16. The van der Waals surface area contributed by atoms with Crippen molar-refractivity contribution in [3.05, 3.63) is 29.8 Å². The van der Waals surface area contributed by atoms with E-state index in [0.29, 0.717) is 25.4 Å². The Labute approximate surface area is 167 Å². The molecule has 2 N–H and O–H groups in total. The summed E-state index contributed by atoms with van der Waals surface area (Å²) in [6.07, 6.45) is 7.30. The highest BCUT2D eigenvalue weighted by Gasteiger charge is 2.22. The molecule has 0 unspecified atom stereocenters. The molecule has 1 aromatic rings. The second kappa shape index (κ2) is 10.6. The van der Waals surface area contributed by atoms with Crippen LogP contribution in [0.2, 0.25) is 0 Å². The summed E-state index contributed by atoms with van der Waals surface area (Å²) >= 11 is 0. The van der Waals surface area contributed by atoms with Gasteiger partial charge >= 0.3 is 0 Å². The van der Waals surface area contributed by atoms with E-state index >= 15 is 0 Å². The summed E-state index contributed by atoms with van der Waals surface area (Å²) in [6, 6.07) is 5.84. The molecule has 1 aromatic carbocycles. The molecule has 0 aliphatic heterocycles. The average molecular weight is 410 g/mol. The van der Waals surface area contributed by atoms with Crippen LogP contribution in [0, 0.1) is 5.92 Å². The van der Waals surface area contributed by atoms with Crippen molar-refractivity contribution in [1.82, 2.24) is 15.2 Å². The second-order valence-corrected chi connectivity index (χ2v) is 9.10. The highest BCUT2D eigenvalue weighted by Crippen LogP contribution is 2.27. The zero-order valence-corrected chi connectivity index (χ0v) is 17.6. The first-order valence-corrected chi connectivity index (χ1v) is 11.5. The number of hydrogen-bond acceptors (Lipinski definition) is 4. The van der Waals surface area contributed by atoms with Gasteiger partial charge in [-0.05, 0) is 30.5 Å². The van der Waals surface area contributed by atoms with Gasteiger partial charge in [-0.2, -0.15) is 4.31 Å². The van der Waals surface area contributed by atoms with E-state index in [1.165, 1.54) is 60.7 Å². The fourth-order valence-electron chi connectivity index (χ4n) is 3.58. The van der Waals surface area contributed by atoms with Crippen molar-refractivity contribution in [3.63, 3.8) is 0 Å². The Morgan fingerprint density at radius 1 is 1.07 bits per heavy atom. The highest BCUT2D eigenvalue weighted by molar-refractivity contribution is 7.89. The van der Waals surface area contributed by atoms with Crippen molar-refractivity contribution >= 4 is 21.8 Å². The predicted octanol–water partition coefficient (Wildman–Crippen LogP) is 2.84. The van der Waals surface area contributed by atoms with Crippen LogP contribution in [0.15, 0.2) is 29.2 Å². The largest absolute Gasteiger partial charge is 0.273 e. The molecule has 0 aromatic heterocycles. The molecule has 1 aliphatic carbocycles. The maximum atomic E-state index is 12.6. The quantitative estimate of drug-likeness (QED) is 0.646. The van der Waals surface area contributed by atoms with Gasteiger partial charge in [0.05, 0.1) is 4.90 Å². The molecular formula is C20H31N3O4S. The number of carbonyl (C=O) groups is 2. The molecule has 8 heteroatoms. The lowest BCUT2D eigenvalue weighted by atomic mass is 9.86. The lowest BCUT2D eigenvalue weighted by molar-refractivity contribution is -0.122. The van der Waals surface area contributed by atoms with Gasteiger partial charge in [0.15, 0.2) is 0 Å². The Kier molecular flexibility index (Phi) is 8.44. The van der Waals surface area contributed by atoms with E-state index in [2.05, 4.69) is 10.9 Å². The van der Waals surface area contributed by atoms with Crippen LogP contribution in [-0.4, -0.2) is 37.6 Å².